The van der Waals surface area contributed by atoms with E-state index in [0.29, 0.717) is 6.54 Å². The van der Waals surface area contributed by atoms with E-state index in [1.54, 1.807) is 11.4 Å². The van der Waals surface area contributed by atoms with Gasteiger partial charge in [0.1, 0.15) is 0 Å². The summed E-state index contributed by atoms with van der Waals surface area (Å²) in [5.74, 6) is 0. The molecule has 0 unspecified atom stereocenters. The van der Waals surface area contributed by atoms with Gasteiger partial charge in [0, 0.05) is 31.1 Å². The topological polar surface area (TPSA) is 51.3 Å². The molecule has 0 amide bonds. The molecule has 2 heterocycles. The fourth-order valence-electron chi connectivity index (χ4n) is 3.73. The molecule has 138 valence electrons. The van der Waals surface area contributed by atoms with Gasteiger partial charge in [-0.1, -0.05) is 30.3 Å². The molecule has 1 N–H and O–H groups in total. The molecule has 0 aliphatic carbocycles. The fraction of sp³-hybridized carbons (Fsp3) is 0.273. The Morgan fingerprint density at radius 3 is 2.48 bits per heavy atom. The van der Waals surface area contributed by atoms with Gasteiger partial charge in [0.05, 0.1) is 5.52 Å². The number of nitrogens with zero attached hydrogens (tertiary/aromatic N) is 3. The van der Waals surface area contributed by atoms with Crippen LogP contribution in [0.25, 0.3) is 16.6 Å². The molecule has 4 rings (SSSR count). The number of aromatic nitrogens is 3. The molecule has 2 aromatic carbocycles. The summed E-state index contributed by atoms with van der Waals surface area (Å²) in [5.41, 5.74) is 7.42. The number of benzene rings is 2. The lowest BCUT2D eigenvalue weighted by Gasteiger charge is -2.12. The van der Waals surface area contributed by atoms with Crippen LogP contribution in [0.5, 0.6) is 0 Å². The van der Waals surface area contributed by atoms with Crippen molar-refractivity contribution in [2.24, 2.45) is 7.05 Å². The van der Waals surface area contributed by atoms with Crippen LogP contribution in [-0.2, 0) is 20.1 Å². The first-order chi connectivity index (χ1) is 13.0. The number of aryl methyl sites for hydroxylation is 4. The first-order valence-corrected chi connectivity index (χ1v) is 9.19. The number of nitrogens with one attached hydrogen (secondary N) is 1. The SMILES string of the molecule is Cc1cc(C)c2cc(CNCc3ccccc3C)c3nn(C)c(=O)n3c2c1. The molecule has 0 bridgehead atoms. The molecule has 0 aliphatic heterocycles. The summed E-state index contributed by atoms with van der Waals surface area (Å²) in [6, 6.07) is 14.7. The maximum absolute atomic E-state index is 12.7. The summed E-state index contributed by atoms with van der Waals surface area (Å²) in [7, 11) is 1.70. The van der Waals surface area contributed by atoms with E-state index in [0.717, 1.165) is 34.2 Å². The lowest BCUT2D eigenvalue weighted by molar-refractivity contribution is 0.690. The summed E-state index contributed by atoms with van der Waals surface area (Å²) in [6.07, 6.45) is 0. The van der Waals surface area contributed by atoms with Crippen LogP contribution in [0, 0.1) is 20.8 Å². The van der Waals surface area contributed by atoms with Gasteiger partial charge in [0.15, 0.2) is 5.65 Å². The zero-order valence-corrected chi connectivity index (χ0v) is 16.2. The van der Waals surface area contributed by atoms with Crippen molar-refractivity contribution < 1.29 is 0 Å². The van der Waals surface area contributed by atoms with Crippen molar-refractivity contribution in [2.75, 3.05) is 0 Å². The van der Waals surface area contributed by atoms with Crippen molar-refractivity contribution in [3.05, 3.63) is 80.8 Å². The molecule has 0 atom stereocenters. The second kappa shape index (κ2) is 6.67. The Bertz CT molecular complexity index is 1220. The monoisotopic (exact) mass is 360 g/mol. The molecule has 0 spiro atoms. The van der Waals surface area contributed by atoms with E-state index in [2.05, 4.69) is 73.7 Å². The summed E-state index contributed by atoms with van der Waals surface area (Å²) in [6.45, 7) is 7.69. The van der Waals surface area contributed by atoms with Gasteiger partial charge < -0.3 is 5.32 Å². The highest BCUT2D eigenvalue weighted by Crippen LogP contribution is 2.24. The average Bonchev–Trinajstić information content (AvgIpc) is 2.93. The molecule has 0 saturated carbocycles. The molecule has 0 saturated heterocycles. The lowest BCUT2D eigenvalue weighted by Crippen LogP contribution is -2.19. The third-order valence-electron chi connectivity index (χ3n) is 5.17. The van der Waals surface area contributed by atoms with Gasteiger partial charge in [0.25, 0.3) is 0 Å². The quantitative estimate of drug-likeness (QED) is 0.607. The molecule has 5 nitrogen and oxygen atoms in total. The predicted octanol–water partition coefficient (Wildman–Crippen LogP) is 3.40. The van der Waals surface area contributed by atoms with Crippen LogP contribution < -0.4 is 11.0 Å². The fourth-order valence-corrected chi connectivity index (χ4v) is 3.73. The molecule has 0 aliphatic rings. The highest BCUT2D eigenvalue weighted by molar-refractivity contribution is 5.87. The van der Waals surface area contributed by atoms with Crippen LogP contribution in [0.1, 0.15) is 27.8 Å². The number of pyridine rings is 1. The van der Waals surface area contributed by atoms with Crippen LogP contribution in [0.4, 0.5) is 0 Å². The Morgan fingerprint density at radius 2 is 1.70 bits per heavy atom. The van der Waals surface area contributed by atoms with Gasteiger partial charge in [0.2, 0.25) is 0 Å². The van der Waals surface area contributed by atoms with Crippen molar-refractivity contribution in [3.8, 4) is 0 Å². The number of rotatable bonds is 4. The number of hydrogen-bond acceptors (Lipinski definition) is 3. The molecule has 27 heavy (non-hydrogen) atoms. The predicted molar refractivity (Wildman–Crippen MR) is 109 cm³/mol. The van der Waals surface area contributed by atoms with Gasteiger partial charge in [-0.05, 0) is 55.2 Å². The number of hydrogen-bond donors (Lipinski definition) is 1. The zero-order valence-electron chi connectivity index (χ0n) is 16.2. The van der Waals surface area contributed by atoms with Gasteiger partial charge >= 0.3 is 5.69 Å². The largest absolute Gasteiger partial charge is 0.350 e. The van der Waals surface area contributed by atoms with Crippen molar-refractivity contribution in [2.45, 2.75) is 33.9 Å². The Labute approximate surface area is 158 Å². The smallest absolute Gasteiger partial charge is 0.308 e. The van der Waals surface area contributed by atoms with E-state index in [1.165, 1.54) is 21.4 Å². The minimum Gasteiger partial charge on any atom is -0.308 e. The molecule has 4 aromatic rings. The highest BCUT2D eigenvalue weighted by atomic mass is 16.2. The third-order valence-corrected chi connectivity index (χ3v) is 5.17. The van der Waals surface area contributed by atoms with E-state index in [1.807, 2.05) is 0 Å². The maximum atomic E-state index is 12.7. The molecular formula is C22H24N4O. The van der Waals surface area contributed by atoms with Gasteiger partial charge in [-0.25, -0.2) is 13.9 Å². The summed E-state index contributed by atoms with van der Waals surface area (Å²) in [5, 5.41) is 9.10. The van der Waals surface area contributed by atoms with Crippen LogP contribution in [-0.4, -0.2) is 14.2 Å². The van der Waals surface area contributed by atoms with E-state index in [-0.39, 0.29) is 5.69 Å². The lowest BCUT2D eigenvalue weighted by atomic mass is 10.0. The third kappa shape index (κ3) is 3.04. The average molecular weight is 360 g/mol. The maximum Gasteiger partial charge on any atom is 0.350 e. The van der Waals surface area contributed by atoms with Crippen molar-refractivity contribution >= 4 is 16.6 Å². The molecule has 0 radical (unpaired) electrons. The van der Waals surface area contributed by atoms with E-state index < -0.39 is 0 Å². The summed E-state index contributed by atoms with van der Waals surface area (Å²) >= 11 is 0. The number of fused-ring (bicyclic) bond motifs is 3. The van der Waals surface area contributed by atoms with Gasteiger partial charge in [-0.15, -0.1) is 5.10 Å². The Morgan fingerprint density at radius 1 is 0.963 bits per heavy atom. The van der Waals surface area contributed by atoms with E-state index in [4.69, 9.17) is 0 Å². The van der Waals surface area contributed by atoms with Crippen LogP contribution in [0.15, 0.2) is 47.3 Å². The normalized spacial score (nSPS) is 11.6. The van der Waals surface area contributed by atoms with Crippen molar-refractivity contribution in [1.29, 1.82) is 0 Å². The molecule has 0 fully saturated rings. The second-order valence-electron chi connectivity index (χ2n) is 7.28. The zero-order chi connectivity index (χ0) is 19.1. The second-order valence-corrected chi connectivity index (χ2v) is 7.28. The van der Waals surface area contributed by atoms with Crippen LogP contribution in [0.2, 0.25) is 0 Å². The molecule has 5 heteroatoms. The minimum atomic E-state index is -0.110. The van der Waals surface area contributed by atoms with Crippen LogP contribution >= 0.6 is 0 Å². The first-order valence-electron chi connectivity index (χ1n) is 9.19. The van der Waals surface area contributed by atoms with Gasteiger partial charge in [-0.3, -0.25) is 0 Å². The van der Waals surface area contributed by atoms with Crippen molar-refractivity contribution in [1.82, 2.24) is 19.5 Å². The highest BCUT2D eigenvalue weighted by Gasteiger charge is 2.14. The van der Waals surface area contributed by atoms with Crippen molar-refractivity contribution in [3.63, 3.8) is 0 Å². The van der Waals surface area contributed by atoms with Crippen LogP contribution in [0.3, 0.4) is 0 Å². The van der Waals surface area contributed by atoms with Gasteiger partial charge in [-0.2, -0.15) is 0 Å². The minimum absolute atomic E-state index is 0.110. The Kier molecular flexibility index (Phi) is 4.32. The van der Waals surface area contributed by atoms with E-state index >= 15 is 0 Å². The molecular weight excluding hydrogens is 336 g/mol. The Hall–Kier alpha value is -2.92. The first kappa shape index (κ1) is 17.5. The summed E-state index contributed by atoms with van der Waals surface area (Å²) in [4.78, 5) is 12.7. The molecule has 2 aromatic heterocycles. The van der Waals surface area contributed by atoms with E-state index in [9.17, 15) is 4.79 Å². The summed E-state index contributed by atoms with van der Waals surface area (Å²) < 4.78 is 3.15. The Balaban J connectivity index is 1.79. The standard InChI is InChI=1S/C22H24N4O/c1-14-9-16(3)19-11-18(13-23-12-17-8-6-5-7-15(17)2)21-24-25(4)22(27)26(21)20(19)10-14/h5-11,23H,12-13H2,1-4H3.